The van der Waals surface area contributed by atoms with E-state index >= 15 is 0 Å². The van der Waals surface area contributed by atoms with Gasteiger partial charge < -0.3 is 4.52 Å². The van der Waals surface area contributed by atoms with Crippen molar-refractivity contribution in [2.24, 2.45) is 0 Å². The third-order valence-corrected chi connectivity index (χ3v) is 5.97. The van der Waals surface area contributed by atoms with Crippen molar-refractivity contribution < 1.29 is 12.9 Å². The minimum Gasteiger partial charge on any atom is -0.339 e. The fraction of sp³-hybridized carbons (Fsp3) is 0.500. The molecule has 2 heterocycles. The van der Waals surface area contributed by atoms with Gasteiger partial charge in [-0.3, -0.25) is 0 Å². The number of rotatable bonds is 4. The molecule has 0 spiro atoms. The minimum atomic E-state index is -3.47. The number of hydrogen-bond donors (Lipinski definition) is 0. The number of sulfonamides is 1. The maximum absolute atomic E-state index is 12.7. The molecule has 124 valence electrons. The van der Waals surface area contributed by atoms with E-state index in [1.165, 1.54) is 4.31 Å². The average molecular weight is 335 g/mol. The van der Waals surface area contributed by atoms with Crippen LogP contribution in [0, 0.1) is 0 Å². The van der Waals surface area contributed by atoms with Crippen LogP contribution in [0.3, 0.4) is 0 Å². The van der Waals surface area contributed by atoms with Crippen molar-refractivity contribution in [3.63, 3.8) is 0 Å². The maximum Gasteiger partial charge on any atom is 0.243 e. The molecule has 0 radical (unpaired) electrons. The molecule has 1 aromatic carbocycles. The predicted molar refractivity (Wildman–Crippen MR) is 85.6 cm³/mol. The number of benzene rings is 1. The first-order valence-electron chi connectivity index (χ1n) is 7.87. The summed E-state index contributed by atoms with van der Waals surface area (Å²) in [6.45, 7) is 4.92. The number of hydrogen-bond acceptors (Lipinski definition) is 5. The Kier molecular flexibility index (Phi) is 4.50. The Morgan fingerprint density at radius 3 is 2.65 bits per heavy atom. The fourth-order valence-corrected chi connectivity index (χ4v) is 4.30. The Hall–Kier alpha value is -1.73. The lowest BCUT2D eigenvalue weighted by Gasteiger charge is -2.30. The molecule has 1 fully saturated rings. The van der Waals surface area contributed by atoms with E-state index in [4.69, 9.17) is 4.52 Å². The van der Waals surface area contributed by atoms with Crippen LogP contribution in [-0.4, -0.2) is 36.0 Å². The van der Waals surface area contributed by atoms with Crippen molar-refractivity contribution in [3.05, 3.63) is 42.0 Å². The van der Waals surface area contributed by atoms with Gasteiger partial charge in [0.2, 0.25) is 15.9 Å². The molecular weight excluding hydrogens is 314 g/mol. The van der Waals surface area contributed by atoms with Crippen molar-refractivity contribution >= 4 is 10.0 Å². The summed E-state index contributed by atoms with van der Waals surface area (Å²) in [6.07, 6.45) is 1.65. The first kappa shape index (κ1) is 16.1. The highest BCUT2D eigenvalue weighted by Gasteiger charge is 2.33. The van der Waals surface area contributed by atoms with E-state index in [0.29, 0.717) is 29.7 Å². The molecule has 2 aromatic rings. The van der Waals surface area contributed by atoms with E-state index in [-0.39, 0.29) is 11.8 Å². The highest BCUT2D eigenvalue weighted by Crippen LogP contribution is 2.30. The molecule has 3 rings (SSSR count). The van der Waals surface area contributed by atoms with Crippen LogP contribution in [0.25, 0.3) is 0 Å². The monoisotopic (exact) mass is 335 g/mol. The fourth-order valence-electron chi connectivity index (χ4n) is 2.75. The van der Waals surface area contributed by atoms with E-state index in [1.807, 2.05) is 19.9 Å². The molecular formula is C16H21N3O3S. The van der Waals surface area contributed by atoms with Gasteiger partial charge in [0.25, 0.3) is 0 Å². The van der Waals surface area contributed by atoms with Crippen molar-refractivity contribution in [3.8, 4) is 0 Å². The summed E-state index contributed by atoms with van der Waals surface area (Å²) in [5.41, 5.74) is 0. The van der Waals surface area contributed by atoms with Crippen LogP contribution in [-0.2, 0) is 10.0 Å². The van der Waals surface area contributed by atoms with Gasteiger partial charge >= 0.3 is 0 Å². The molecule has 1 saturated heterocycles. The van der Waals surface area contributed by atoms with Crippen LogP contribution in [0.2, 0.25) is 0 Å². The summed E-state index contributed by atoms with van der Waals surface area (Å²) in [7, 11) is -3.47. The molecule has 1 aliphatic heterocycles. The predicted octanol–water partition coefficient (Wildman–Crippen LogP) is 2.76. The summed E-state index contributed by atoms with van der Waals surface area (Å²) in [6, 6.07) is 8.54. The largest absolute Gasteiger partial charge is 0.339 e. The third kappa shape index (κ3) is 3.30. The van der Waals surface area contributed by atoms with Crippen LogP contribution in [0.4, 0.5) is 0 Å². The van der Waals surface area contributed by atoms with Gasteiger partial charge in [-0.05, 0) is 25.0 Å². The van der Waals surface area contributed by atoms with Crippen molar-refractivity contribution in [2.75, 3.05) is 13.1 Å². The van der Waals surface area contributed by atoms with Gasteiger partial charge in [0.15, 0.2) is 5.82 Å². The average Bonchev–Trinajstić information content (AvgIpc) is 3.06. The van der Waals surface area contributed by atoms with E-state index in [1.54, 1.807) is 24.3 Å². The first-order chi connectivity index (χ1) is 11.0. The van der Waals surface area contributed by atoms with E-state index in [9.17, 15) is 8.42 Å². The molecule has 0 N–H and O–H groups in total. The Balaban J connectivity index is 1.80. The van der Waals surface area contributed by atoms with Crippen molar-refractivity contribution in [1.29, 1.82) is 0 Å². The quantitative estimate of drug-likeness (QED) is 0.858. The Bertz CT molecular complexity index is 756. The highest BCUT2D eigenvalue weighted by molar-refractivity contribution is 7.89. The topological polar surface area (TPSA) is 76.3 Å². The molecule has 23 heavy (non-hydrogen) atoms. The second-order valence-electron chi connectivity index (χ2n) is 6.16. The lowest BCUT2D eigenvalue weighted by Crippen LogP contribution is -2.39. The highest BCUT2D eigenvalue weighted by atomic mass is 32.2. The van der Waals surface area contributed by atoms with Gasteiger partial charge in [-0.25, -0.2) is 8.42 Å². The second-order valence-corrected chi connectivity index (χ2v) is 8.10. The van der Waals surface area contributed by atoms with Gasteiger partial charge in [-0.2, -0.15) is 9.29 Å². The second kappa shape index (κ2) is 6.41. The summed E-state index contributed by atoms with van der Waals surface area (Å²) < 4.78 is 32.3. The van der Waals surface area contributed by atoms with Gasteiger partial charge in [0.1, 0.15) is 0 Å². The van der Waals surface area contributed by atoms with Crippen LogP contribution < -0.4 is 0 Å². The number of piperidine rings is 1. The van der Waals surface area contributed by atoms with Gasteiger partial charge in [0, 0.05) is 19.0 Å². The standard InChI is InChI=1S/C16H21N3O3S/c1-12(2)15-17-16(22-18-15)13-7-6-10-19(11-13)23(20,21)14-8-4-3-5-9-14/h3-5,8-9,12-13H,6-7,10-11H2,1-2H3/t13-/m1/s1. The zero-order chi connectivity index (χ0) is 16.4. The summed E-state index contributed by atoms with van der Waals surface area (Å²) in [5, 5.41) is 3.98. The molecule has 7 heteroatoms. The molecule has 6 nitrogen and oxygen atoms in total. The lowest BCUT2D eigenvalue weighted by molar-refractivity contribution is 0.265. The van der Waals surface area contributed by atoms with Gasteiger partial charge in [-0.15, -0.1) is 0 Å². The molecule has 0 unspecified atom stereocenters. The van der Waals surface area contributed by atoms with Crippen LogP contribution in [0.1, 0.15) is 50.2 Å². The molecule has 1 aromatic heterocycles. The summed E-state index contributed by atoms with van der Waals surface area (Å²) in [4.78, 5) is 4.75. The van der Waals surface area contributed by atoms with Crippen LogP contribution in [0.5, 0.6) is 0 Å². The molecule has 1 atom stereocenters. The molecule has 0 amide bonds. The normalized spacial score (nSPS) is 20.0. The van der Waals surface area contributed by atoms with E-state index in [2.05, 4.69) is 10.1 Å². The van der Waals surface area contributed by atoms with Crippen LogP contribution >= 0.6 is 0 Å². The zero-order valence-corrected chi connectivity index (χ0v) is 14.2. The lowest BCUT2D eigenvalue weighted by atomic mass is 10.00. The van der Waals surface area contributed by atoms with Crippen LogP contribution in [0.15, 0.2) is 39.8 Å². The van der Waals surface area contributed by atoms with E-state index < -0.39 is 10.0 Å². The molecule has 0 saturated carbocycles. The Labute approximate surface area is 136 Å². The van der Waals surface area contributed by atoms with Crippen molar-refractivity contribution in [1.82, 2.24) is 14.4 Å². The molecule has 0 aliphatic carbocycles. The number of aromatic nitrogens is 2. The molecule has 0 bridgehead atoms. The first-order valence-corrected chi connectivity index (χ1v) is 9.31. The van der Waals surface area contributed by atoms with Gasteiger partial charge in [0.05, 0.1) is 10.8 Å². The third-order valence-electron chi connectivity index (χ3n) is 4.09. The maximum atomic E-state index is 12.7. The Morgan fingerprint density at radius 1 is 1.26 bits per heavy atom. The zero-order valence-electron chi connectivity index (χ0n) is 13.3. The summed E-state index contributed by atoms with van der Waals surface area (Å²) >= 11 is 0. The SMILES string of the molecule is CC(C)c1noc([C@@H]2CCCN(S(=O)(=O)c3ccccc3)C2)n1. The molecule has 1 aliphatic rings. The van der Waals surface area contributed by atoms with E-state index in [0.717, 1.165) is 12.8 Å². The Morgan fingerprint density at radius 2 is 2.00 bits per heavy atom. The van der Waals surface area contributed by atoms with Gasteiger partial charge in [-0.1, -0.05) is 37.2 Å². The smallest absolute Gasteiger partial charge is 0.243 e. The summed E-state index contributed by atoms with van der Waals surface area (Å²) in [5.74, 6) is 1.37. The number of nitrogens with zero attached hydrogens (tertiary/aromatic N) is 3. The van der Waals surface area contributed by atoms with Crippen molar-refractivity contribution in [2.45, 2.75) is 43.4 Å². The minimum absolute atomic E-state index is 0.0396.